The van der Waals surface area contributed by atoms with Gasteiger partial charge >= 0.3 is 0 Å². The second-order valence-corrected chi connectivity index (χ2v) is 43.7. The van der Waals surface area contributed by atoms with E-state index in [9.17, 15) is 18.8 Å². The van der Waals surface area contributed by atoms with Gasteiger partial charge in [-0.3, -0.25) is 29.3 Å². The minimum absolute atomic E-state index is 0.00183. The second kappa shape index (κ2) is 53.7. The number of aromatic amines is 2. The molecule has 720 valence electrons. The number of allylic oxidation sites excluding steroid dienone is 4. The molecule has 0 bridgehead atoms. The smallest absolute Gasteiger partial charge is 0.248 e. The number of Topliss-reactive ketones (excluding diaryl/α,β-unsaturated/α-hetero) is 1. The van der Waals surface area contributed by atoms with Crippen LogP contribution in [-0.4, -0.2) is 104 Å². The summed E-state index contributed by atoms with van der Waals surface area (Å²) in [6.07, 6.45) is 29.4. The first-order chi connectivity index (χ1) is 60.6. The molecule has 1 aliphatic carbocycles. The number of H-pyrrole nitrogens is 2. The first-order valence-electron chi connectivity index (χ1n) is 44.8. The van der Waals surface area contributed by atoms with Crippen molar-refractivity contribution >= 4 is 5.78 Å². The molecule has 21 nitrogen and oxygen atoms in total. The fourth-order valence-corrected chi connectivity index (χ4v) is 10.9. The number of methoxy groups -OCH3 is 4. The number of pyridine rings is 8. The summed E-state index contributed by atoms with van der Waals surface area (Å²) < 4.78 is 33.0. The van der Waals surface area contributed by atoms with Gasteiger partial charge < -0.3 is 28.9 Å². The van der Waals surface area contributed by atoms with Crippen LogP contribution in [0.2, 0.25) is 0 Å². The van der Waals surface area contributed by atoms with Crippen molar-refractivity contribution in [2.75, 3.05) is 28.4 Å². The van der Waals surface area contributed by atoms with Crippen LogP contribution >= 0.6 is 0 Å². The van der Waals surface area contributed by atoms with Crippen molar-refractivity contribution in [3.8, 4) is 23.3 Å². The fraction of sp³-hybridized carbons (Fsp3) is 0.482. The molecule has 0 saturated heterocycles. The van der Waals surface area contributed by atoms with Crippen LogP contribution < -0.4 is 30.1 Å². The number of carbonyl (C=O) groups is 1. The minimum Gasteiger partial charge on any atom is -0.496 e. The van der Waals surface area contributed by atoms with E-state index in [0.717, 1.165) is 73.9 Å². The van der Waals surface area contributed by atoms with Gasteiger partial charge in [-0.2, -0.15) is 14.6 Å². The van der Waals surface area contributed by atoms with Gasteiger partial charge in [-0.05, 0) is 128 Å². The predicted molar refractivity (Wildman–Crippen MR) is 544 cm³/mol. The lowest BCUT2D eigenvalue weighted by Crippen LogP contribution is -2.18. The van der Waals surface area contributed by atoms with Crippen molar-refractivity contribution in [2.24, 2.45) is 5.41 Å². The Morgan fingerprint density at radius 1 is 0.348 bits per heavy atom. The fourth-order valence-electron chi connectivity index (χ4n) is 10.9. The van der Waals surface area contributed by atoms with E-state index in [0.29, 0.717) is 12.3 Å². The van der Waals surface area contributed by atoms with Gasteiger partial charge in [-0.1, -0.05) is 298 Å². The zero-order valence-corrected chi connectivity index (χ0v) is 87.7. The van der Waals surface area contributed by atoms with E-state index in [1.54, 1.807) is 96.3 Å². The van der Waals surface area contributed by atoms with Gasteiger partial charge in [0.05, 0.1) is 40.3 Å². The summed E-state index contributed by atoms with van der Waals surface area (Å²) in [5.41, 5.74) is 12.9. The van der Waals surface area contributed by atoms with Crippen LogP contribution in [0.25, 0.3) is 0 Å². The quantitative estimate of drug-likeness (QED) is 0.155. The molecule has 12 rings (SSSR count). The molecule has 2 N–H and O–H groups in total. The van der Waals surface area contributed by atoms with Crippen LogP contribution in [0.3, 0.4) is 0 Å². The lowest BCUT2D eigenvalue weighted by Gasteiger charge is -2.22. The number of nitrogens with one attached hydrogen (secondary N) is 2. The standard InChI is InChI=1S/4C10H15NO.C10H14O.C9H12FN.2C9H13NO.C9H13N.3C8H12N2/c1-10(2,3)8-7-11-6-5-9(8)12-4;1-10(2,3)9-6-5-8(12-4)7-11-9;1-10(2,3)8-6-5-7-11-9(8)12-4;1-10(2,3)8-6-5-7-9(11-8)12-4;1-10(2,3)8-6-4-5-7-9(8)11;1-9(2,3)7-5-4-6-8(10)11-7;1-9(2,3)7-4-5-8(11)10-6-7;1-9(2,3)7-5-4-6-8(11)10-7;1-9(2,3)8-4-6-10-7-5-8;1-8(2,3)7-4-9-6-10-5-7;1-8(2,3)7-9-5-4-6-10-7;1-8(2,3)7-5-4-6-9-10-7/h4*5-7H,1-4H3;4-6H,7H2,1-3H3;4-6H,1-3H3;2*4-6H,1-3H3,(H,10,11);4-7H,1-3H3;3*4-6H,1-3H3. The number of carbonyl (C=O) groups excluding carboxylic acids is 1. The number of halogens is 1. The first-order valence-corrected chi connectivity index (χ1v) is 44.8. The maximum absolute atomic E-state index is 12.6. The summed E-state index contributed by atoms with van der Waals surface area (Å²) in [7, 11) is 6.62. The number of nitrogens with zero attached hydrogens (tertiary/aromatic N) is 12. The third-order valence-corrected chi connectivity index (χ3v) is 19.1. The van der Waals surface area contributed by atoms with E-state index >= 15 is 0 Å². The lowest BCUT2D eigenvalue weighted by atomic mass is 9.81. The topological polar surface area (TPSA) is 274 Å². The van der Waals surface area contributed by atoms with Crippen LogP contribution in [0.15, 0.2) is 241 Å². The number of hydrogen-bond acceptors (Lipinski definition) is 19. The normalized spacial score (nSPS) is 12.0. The van der Waals surface area contributed by atoms with Crippen LogP contribution in [0, 0.1) is 11.4 Å². The summed E-state index contributed by atoms with van der Waals surface area (Å²) in [6, 6.07) is 39.0. The molecule has 11 heterocycles. The van der Waals surface area contributed by atoms with Gasteiger partial charge in [0.25, 0.3) is 0 Å². The minimum atomic E-state index is -0.405. The Balaban J connectivity index is 0.000000720. The Morgan fingerprint density at radius 2 is 0.864 bits per heavy atom. The molecule has 1 aliphatic rings. The van der Waals surface area contributed by atoms with Gasteiger partial charge in [0.15, 0.2) is 5.78 Å². The maximum atomic E-state index is 12.6. The highest BCUT2D eigenvalue weighted by Gasteiger charge is 2.26. The Labute approximate surface area is 792 Å². The third kappa shape index (κ3) is 48.5. The van der Waals surface area contributed by atoms with E-state index in [1.807, 2.05) is 155 Å². The van der Waals surface area contributed by atoms with Crippen LogP contribution in [0.1, 0.15) is 318 Å². The van der Waals surface area contributed by atoms with E-state index in [-0.39, 0.29) is 81.9 Å². The molecule has 0 atom stereocenters. The Bertz CT molecular complexity index is 4990. The average molecular weight is 1810 g/mol. The van der Waals surface area contributed by atoms with Crippen molar-refractivity contribution in [3.63, 3.8) is 0 Å². The molecule has 0 aliphatic heterocycles. The van der Waals surface area contributed by atoms with Gasteiger partial charge in [0, 0.05) is 165 Å². The van der Waals surface area contributed by atoms with E-state index in [2.05, 4.69) is 311 Å². The van der Waals surface area contributed by atoms with Gasteiger partial charge in [0.2, 0.25) is 28.8 Å². The maximum Gasteiger partial charge on any atom is 0.248 e. The molecular weight excluding hydrogens is 1650 g/mol. The SMILES string of the molecule is CC(C)(C)C1=CC=CCC1=O.CC(C)(C)c1ccc(=O)[nH]c1.CC(C)(C)c1cccc(=O)[nH]1.CC(C)(C)c1cccc(F)n1.CC(C)(C)c1cccnn1.CC(C)(C)c1ccncc1.CC(C)(C)c1cncnc1.CC(C)(C)c1ncccn1.COc1ccc(C(C)(C)C)nc1.COc1cccc(C(C)(C)C)n1.COc1ccncc1C(C)(C)C.COc1ncccc1C(C)(C)C. The number of rotatable bonds is 4. The average Bonchev–Trinajstić information content (AvgIpc) is 0.835. The highest BCUT2D eigenvalue weighted by Crippen LogP contribution is 2.33. The summed E-state index contributed by atoms with van der Waals surface area (Å²) in [5, 5.41) is 7.80. The van der Waals surface area contributed by atoms with E-state index in [1.165, 1.54) is 23.3 Å². The van der Waals surface area contributed by atoms with Crippen LogP contribution in [0.5, 0.6) is 23.3 Å². The molecule has 0 radical (unpaired) electrons. The molecule has 0 saturated carbocycles. The summed E-state index contributed by atoms with van der Waals surface area (Å²) >= 11 is 0. The van der Waals surface area contributed by atoms with Gasteiger partial charge in [-0.15, -0.1) is 0 Å². The van der Waals surface area contributed by atoms with Crippen molar-refractivity contribution < 1.29 is 28.1 Å². The summed E-state index contributed by atoms with van der Waals surface area (Å²) in [5.74, 6) is 3.89. The highest BCUT2D eigenvalue weighted by molar-refractivity contribution is 5.98. The molecule has 0 fully saturated rings. The zero-order chi connectivity index (χ0) is 101. The van der Waals surface area contributed by atoms with Crippen molar-refractivity contribution in [1.82, 2.24) is 70.0 Å². The number of hydrogen-bond donors (Lipinski definition) is 2. The van der Waals surface area contributed by atoms with Gasteiger partial charge in [-0.25, -0.2) is 34.9 Å². The van der Waals surface area contributed by atoms with Gasteiger partial charge in [0.1, 0.15) is 23.7 Å². The highest BCUT2D eigenvalue weighted by atomic mass is 19.1. The van der Waals surface area contributed by atoms with Crippen LogP contribution in [0.4, 0.5) is 4.39 Å². The third-order valence-electron chi connectivity index (χ3n) is 19.1. The number of aromatic nitrogens is 14. The van der Waals surface area contributed by atoms with Crippen LogP contribution in [-0.2, 0) is 64.4 Å². The molecule has 0 aromatic carbocycles. The van der Waals surface area contributed by atoms with Crippen molar-refractivity contribution in [3.05, 3.63) is 321 Å². The van der Waals surface area contributed by atoms with Crippen molar-refractivity contribution in [2.45, 2.75) is 315 Å². The number of ketones is 1. The monoisotopic (exact) mass is 1810 g/mol. The largest absolute Gasteiger partial charge is 0.496 e. The molecule has 22 heteroatoms. The second-order valence-electron chi connectivity index (χ2n) is 43.7. The Morgan fingerprint density at radius 3 is 1.22 bits per heavy atom. The molecule has 0 amide bonds. The molecular formula is C110H161FN14O7. The Kier molecular flexibility index (Phi) is 48.2. The molecule has 11 aromatic heterocycles. The summed E-state index contributed by atoms with van der Waals surface area (Å²) in [6.45, 7) is 76.1. The van der Waals surface area contributed by atoms with Crippen molar-refractivity contribution in [1.29, 1.82) is 0 Å². The first kappa shape index (κ1) is 118. The zero-order valence-electron chi connectivity index (χ0n) is 87.7. The molecule has 0 unspecified atom stereocenters. The number of ether oxygens (including phenoxy) is 4. The van der Waals surface area contributed by atoms with E-state index in [4.69, 9.17) is 18.9 Å². The Hall–Kier alpha value is -11.7. The molecule has 0 spiro atoms. The summed E-state index contributed by atoms with van der Waals surface area (Å²) in [4.78, 5) is 79.1. The van der Waals surface area contributed by atoms with E-state index < -0.39 is 5.95 Å². The molecule has 11 aromatic rings. The lowest BCUT2D eigenvalue weighted by molar-refractivity contribution is -0.115. The molecule has 132 heavy (non-hydrogen) atoms. The predicted octanol–water partition coefficient (Wildman–Crippen LogP) is 25.6.